The Morgan fingerprint density at radius 2 is 1.89 bits per heavy atom. The summed E-state index contributed by atoms with van der Waals surface area (Å²) in [6, 6.07) is 0. The van der Waals surface area contributed by atoms with Crippen molar-refractivity contribution < 1.29 is 15.3 Å². The highest BCUT2D eigenvalue weighted by Gasteiger charge is 2.61. The zero-order valence-electron chi connectivity index (χ0n) is 11.9. The second-order valence-electron chi connectivity index (χ2n) is 7.10. The van der Waals surface area contributed by atoms with E-state index in [1.54, 1.807) is 6.08 Å². The molecule has 104 valence electrons. The third kappa shape index (κ3) is 1.60. The number of aliphatic hydroxyl groups excluding tert-OH is 2. The molecule has 4 atom stereocenters. The van der Waals surface area contributed by atoms with E-state index in [4.69, 9.17) is 0 Å². The van der Waals surface area contributed by atoms with Gasteiger partial charge in [-0.15, -0.1) is 0 Å². The van der Waals surface area contributed by atoms with E-state index < -0.39 is 17.1 Å². The molecule has 0 aromatic carbocycles. The molecule has 2 aliphatic carbocycles. The molecule has 0 saturated heterocycles. The van der Waals surface area contributed by atoms with Crippen molar-refractivity contribution in [2.45, 2.75) is 58.7 Å². The summed E-state index contributed by atoms with van der Waals surface area (Å²) in [5, 5.41) is 31.1. The van der Waals surface area contributed by atoms with Crippen LogP contribution in [-0.2, 0) is 0 Å². The third-order valence-corrected chi connectivity index (χ3v) is 5.63. The van der Waals surface area contributed by atoms with Crippen LogP contribution in [0.25, 0.3) is 0 Å². The number of hydrogen-bond donors (Lipinski definition) is 3. The SMILES string of the molecule is CC1=C[C@@H](O)[C@H]2C(C)(C)CCC[C@]2(C)[C@@]1(O)CO. The summed E-state index contributed by atoms with van der Waals surface area (Å²) < 4.78 is 0. The smallest absolute Gasteiger partial charge is 0.114 e. The van der Waals surface area contributed by atoms with Gasteiger partial charge in [0.25, 0.3) is 0 Å². The molecule has 0 amide bonds. The maximum Gasteiger partial charge on any atom is 0.114 e. The number of fused-ring (bicyclic) bond motifs is 1. The minimum atomic E-state index is -1.20. The summed E-state index contributed by atoms with van der Waals surface area (Å²) in [6.45, 7) is 7.87. The highest BCUT2D eigenvalue weighted by molar-refractivity contribution is 5.29. The molecule has 0 heterocycles. The predicted molar refractivity (Wildman–Crippen MR) is 71.0 cm³/mol. The van der Waals surface area contributed by atoms with Crippen LogP contribution in [0.4, 0.5) is 0 Å². The van der Waals surface area contributed by atoms with Crippen LogP contribution in [0.2, 0.25) is 0 Å². The van der Waals surface area contributed by atoms with Gasteiger partial charge in [-0.25, -0.2) is 0 Å². The zero-order chi connectivity index (χ0) is 13.8. The van der Waals surface area contributed by atoms with Crippen LogP contribution in [0.5, 0.6) is 0 Å². The van der Waals surface area contributed by atoms with E-state index in [9.17, 15) is 15.3 Å². The van der Waals surface area contributed by atoms with Gasteiger partial charge in [-0.3, -0.25) is 0 Å². The molecule has 0 aromatic heterocycles. The Kier molecular flexibility index (Phi) is 3.16. The lowest BCUT2D eigenvalue weighted by Crippen LogP contribution is -2.64. The first-order valence-corrected chi connectivity index (χ1v) is 6.89. The van der Waals surface area contributed by atoms with Crippen LogP contribution in [-0.4, -0.2) is 33.6 Å². The minimum Gasteiger partial charge on any atom is -0.393 e. The van der Waals surface area contributed by atoms with Crippen LogP contribution in [0, 0.1) is 16.7 Å². The van der Waals surface area contributed by atoms with Crippen LogP contribution in [0.1, 0.15) is 47.0 Å². The van der Waals surface area contributed by atoms with Crippen molar-refractivity contribution in [1.29, 1.82) is 0 Å². The first kappa shape index (κ1) is 14.0. The van der Waals surface area contributed by atoms with E-state index in [-0.39, 0.29) is 17.9 Å². The molecule has 3 N–H and O–H groups in total. The van der Waals surface area contributed by atoms with Crippen molar-refractivity contribution in [3.63, 3.8) is 0 Å². The molecule has 0 aliphatic heterocycles. The minimum absolute atomic E-state index is 0.0143. The monoisotopic (exact) mass is 254 g/mol. The molecule has 3 heteroatoms. The third-order valence-electron chi connectivity index (χ3n) is 5.63. The molecule has 2 aliphatic rings. The normalized spacial score (nSPS) is 47.4. The quantitative estimate of drug-likeness (QED) is 0.626. The lowest BCUT2D eigenvalue weighted by atomic mass is 9.46. The lowest BCUT2D eigenvalue weighted by Gasteiger charge is -2.61. The van der Waals surface area contributed by atoms with Gasteiger partial charge in [-0.05, 0) is 30.8 Å². The summed E-state index contributed by atoms with van der Waals surface area (Å²) in [5.41, 5.74) is -0.975. The Morgan fingerprint density at radius 1 is 1.28 bits per heavy atom. The Balaban J connectivity index is 2.58. The summed E-state index contributed by atoms with van der Waals surface area (Å²) in [4.78, 5) is 0. The van der Waals surface area contributed by atoms with Gasteiger partial charge in [-0.2, -0.15) is 0 Å². The van der Waals surface area contributed by atoms with Gasteiger partial charge in [0, 0.05) is 11.3 Å². The van der Waals surface area contributed by atoms with E-state index in [1.807, 2.05) is 13.8 Å². The first-order valence-electron chi connectivity index (χ1n) is 6.89. The fourth-order valence-corrected chi connectivity index (χ4v) is 4.63. The average molecular weight is 254 g/mol. The first-order chi connectivity index (χ1) is 8.19. The van der Waals surface area contributed by atoms with E-state index in [0.717, 1.165) is 19.3 Å². The van der Waals surface area contributed by atoms with Crippen LogP contribution in [0.3, 0.4) is 0 Å². The lowest BCUT2D eigenvalue weighted by molar-refractivity contribution is -0.185. The highest BCUT2D eigenvalue weighted by atomic mass is 16.3. The Morgan fingerprint density at radius 3 is 2.44 bits per heavy atom. The molecule has 3 nitrogen and oxygen atoms in total. The van der Waals surface area contributed by atoms with E-state index in [2.05, 4.69) is 13.8 Å². The second kappa shape index (κ2) is 4.06. The predicted octanol–water partition coefficient (Wildman–Crippen LogP) is 1.86. The molecular formula is C15H26O3. The average Bonchev–Trinajstić information content (AvgIpc) is 2.24. The molecule has 0 bridgehead atoms. The van der Waals surface area contributed by atoms with Gasteiger partial charge >= 0.3 is 0 Å². The fourth-order valence-electron chi connectivity index (χ4n) is 4.63. The molecule has 0 spiro atoms. The molecule has 1 saturated carbocycles. The van der Waals surface area contributed by atoms with Crippen LogP contribution in [0.15, 0.2) is 11.6 Å². The number of aliphatic hydroxyl groups is 3. The topological polar surface area (TPSA) is 60.7 Å². The standard InChI is InChI=1S/C15H26O3/c1-10-8-11(17)12-13(2,3)6-5-7-14(12,4)15(10,18)9-16/h8,11-12,16-18H,5-7,9H2,1-4H3/t11-,12+,14+,15-/m1/s1. The van der Waals surface area contributed by atoms with Crippen LogP contribution < -0.4 is 0 Å². The van der Waals surface area contributed by atoms with Gasteiger partial charge in [0.2, 0.25) is 0 Å². The molecule has 2 rings (SSSR count). The number of rotatable bonds is 1. The van der Waals surface area contributed by atoms with Gasteiger partial charge in [0.05, 0.1) is 12.7 Å². The van der Waals surface area contributed by atoms with Crippen LogP contribution >= 0.6 is 0 Å². The van der Waals surface area contributed by atoms with Gasteiger partial charge in [-0.1, -0.05) is 33.3 Å². The van der Waals surface area contributed by atoms with Crippen molar-refractivity contribution in [2.24, 2.45) is 16.7 Å². The maximum absolute atomic E-state index is 10.9. The largest absolute Gasteiger partial charge is 0.393 e. The summed E-state index contributed by atoms with van der Waals surface area (Å²) in [5.74, 6) is -0.0143. The fraction of sp³-hybridized carbons (Fsp3) is 0.867. The van der Waals surface area contributed by atoms with Crippen molar-refractivity contribution in [2.75, 3.05) is 6.61 Å². The van der Waals surface area contributed by atoms with Crippen molar-refractivity contribution >= 4 is 0 Å². The Hall–Kier alpha value is -0.380. The zero-order valence-corrected chi connectivity index (χ0v) is 11.9. The van der Waals surface area contributed by atoms with Crippen molar-refractivity contribution in [3.05, 3.63) is 11.6 Å². The maximum atomic E-state index is 10.9. The number of hydrogen-bond acceptors (Lipinski definition) is 3. The van der Waals surface area contributed by atoms with Crippen molar-refractivity contribution in [3.8, 4) is 0 Å². The van der Waals surface area contributed by atoms with E-state index >= 15 is 0 Å². The molecule has 0 radical (unpaired) electrons. The molecule has 0 unspecified atom stereocenters. The van der Waals surface area contributed by atoms with Gasteiger partial charge in [0.1, 0.15) is 5.60 Å². The second-order valence-corrected chi connectivity index (χ2v) is 7.10. The molecule has 18 heavy (non-hydrogen) atoms. The molecular weight excluding hydrogens is 228 g/mol. The Bertz CT molecular complexity index is 374. The van der Waals surface area contributed by atoms with E-state index in [0.29, 0.717) is 5.57 Å². The Labute approximate surface area is 110 Å². The van der Waals surface area contributed by atoms with Gasteiger partial charge in [0.15, 0.2) is 0 Å². The summed E-state index contributed by atoms with van der Waals surface area (Å²) in [7, 11) is 0. The highest BCUT2D eigenvalue weighted by Crippen LogP contribution is 2.60. The molecule has 1 fully saturated rings. The van der Waals surface area contributed by atoms with E-state index in [1.165, 1.54) is 0 Å². The van der Waals surface area contributed by atoms with Crippen molar-refractivity contribution in [1.82, 2.24) is 0 Å². The molecule has 0 aromatic rings. The summed E-state index contributed by atoms with van der Waals surface area (Å²) >= 11 is 0. The van der Waals surface area contributed by atoms with Gasteiger partial charge < -0.3 is 15.3 Å². The summed E-state index contributed by atoms with van der Waals surface area (Å²) in [6.07, 6.45) is 4.13.